The van der Waals surface area contributed by atoms with Crippen LogP contribution >= 0.6 is 0 Å². The highest BCUT2D eigenvalue weighted by atomic mass is 16.5. The molecule has 0 amide bonds. The Bertz CT molecular complexity index is 437. The average molecular weight is 284 g/mol. The maximum atomic E-state index is 8.42. The minimum Gasteiger partial charge on any atom is -0.493 e. The number of rotatable bonds is 8. The van der Waals surface area contributed by atoms with Gasteiger partial charge in [-0.25, -0.2) is 0 Å². The summed E-state index contributed by atoms with van der Waals surface area (Å²) in [5.41, 5.74) is 5.37. The Hall–Kier alpha value is -2.31. The van der Waals surface area contributed by atoms with Crippen molar-refractivity contribution in [3.05, 3.63) is 12.1 Å². The van der Waals surface area contributed by atoms with Gasteiger partial charge >= 0.3 is 0 Å². The van der Waals surface area contributed by atoms with Crippen molar-refractivity contribution < 1.29 is 24.2 Å². The number of methoxy groups -OCH3 is 3. The largest absolute Gasteiger partial charge is 0.493 e. The van der Waals surface area contributed by atoms with E-state index in [1.54, 1.807) is 26.4 Å². The summed E-state index contributed by atoms with van der Waals surface area (Å²) in [6.07, 6.45) is 1.09. The van der Waals surface area contributed by atoms with Gasteiger partial charge in [-0.15, -0.1) is 0 Å². The van der Waals surface area contributed by atoms with Crippen LogP contribution in [0.1, 0.15) is 12.8 Å². The zero-order valence-electron chi connectivity index (χ0n) is 11.9. The second kappa shape index (κ2) is 7.98. The van der Waals surface area contributed by atoms with Crippen LogP contribution in [0.15, 0.2) is 17.3 Å². The highest BCUT2D eigenvalue weighted by molar-refractivity contribution is 5.79. The van der Waals surface area contributed by atoms with E-state index in [9.17, 15) is 0 Å². The van der Waals surface area contributed by atoms with Gasteiger partial charge in [0.15, 0.2) is 11.5 Å². The van der Waals surface area contributed by atoms with E-state index in [0.717, 1.165) is 0 Å². The second-order valence-electron chi connectivity index (χ2n) is 3.90. The maximum absolute atomic E-state index is 8.42. The van der Waals surface area contributed by atoms with Crippen molar-refractivity contribution in [3.63, 3.8) is 0 Å². The lowest BCUT2D eigenvalue weighted by Crippen LogP contribution is -2.12. The standard InChI is InChI=1S/C13H20N2O5/c1-17-10-7-9(8-11(18-2)13(10)19-3)20-6-4-5-12(14)15-16/h7-8,16H,4-6H2,1-3H3,(H2,14,15). The summed E-state index contributed by atoms with van der Waals surface area (Å²) in [5, 5.41) is 11.3. The van der Waals surface area contributed by atoms with E-state index in [4.69, 9.17) is 29.9 Å². The lowest BCUT2D eigenvalue weighted by Gasteiger charge is -2.14. The fraction of sp³-hybridized carbons (Fsp3) is 0.462. The molecule has 0 atom stereocenters. The predicted octanol–water partition coefficient (Wildman–Crippen LogP) is 1.62. The van der Waals surface area contributed by atoms with Crippen molar-refractivity contribution in [2.75, 3.05) is 27.9 Å². The first-order valence-corrected chi connectivity index (χ1v) is 6.05. The molecule has 0 saturated carbocycles. The van der Waals surface area contributed by atoms with Gasteiger partial charge in [0.2, 0.25) is 5.75 Å². The van der Waals surface area contributed by atoms with Crippen LogP contribution in [0.3, 0.4) is 0 Å². The van der Waals surface area contributed by atoms with Gasteiger partial charge < -0.3 is 29.9 Å². The Kier molecular flexibility index (Phi) is 6.28. The molecule has 1 rings (SSSR count). The van der Waals surface area contributed by atoms with Crippen molar-refractivity contribution in [2.45, 2.75) is 12.8 Å². The van der Waals surface area contributed by atoms with Gasteiger partial charge in [0.25, 0.3) is 0 Å². The molecule has 0 fully saturated rings. The number of amidine groups is 1. The molecule has 0 spiro atoms. The third-order valence-corrected chi connectivity index (χ3v) is 2.61. The Morgan fingerprint density at radius 1 is 1.15 bits per heavy atom. The van der Waals surface area contributed by atoms with E-state index < -0.39 is 0 Å². The molecular weight excluding hydrogens is 264 g/mol. The van der Waals surface area contributed by atoms with Gasteiger partial charge in [0, 0.05) is 18.6 Å². The number of benzene rings is 1. The number of nitrogens with two attached hydrogens (primary N) is 1. The summed E-state index contributed by atoms with van der Waals surface area (Å²) >= 11 is 0. The zero-order valence-corrected chi connectivity index (χ0v) is 11.9. The molecule has 0 heterocycles. The van der Waals surface area contributed by atoms with Crippen LogP contribution in [-0.2, 0) is 0 Å². The van der Waals surface area contributed by atoms with Gasteiger partial charge in [0.05, 0.1) is 27.9 Å². The van der Waals surface area contributed by atoms with Crippen LogP contribution in [0.5, 0.6) is 23.0 Å². The van der Waals surface area contributed by atoms with Crippen molar-refractivity contribution in [3.8, 4) is 23.0 Å². The average Bonchev–Trinajstić information content (AvgIpc) is 2.49. The molecular formula is C13H20N2O5. The molecule has 20 heavy (non-hydrogen) atoms. The summed E-state index contributed by atoms with van der Waals surface area (Å²) in [7, 11) is 4.62. The van der Waals surface area contributed by atoms with E-state index in [0.29, 0.717) is 42.4 Å². The van der Waals surface area contributed by atoms with Crippen molar-refractivity contribution in [1.29, 1.82) is 0 Å². The fourth-order valence-electron chi connectivity index (χ4n) is 1.63. The first-order valence-electron chi connectivity index (χ1n) is 6.05. The lowest BCUT2D eigenvalue weighted by atomic mass is 10.2. The molecule has 0 radical (unpaired) electrons. The number of nitrogens with zero attached hydrogens (tertiary/aromatic N) is 1. The van der Waals surface area contributed by atoms with Crippen LogP contribution < -0.4 is 24.7 Å². The topological polar surface area (TPSA) is 95.5 Å². The monoisotopic (exact) mass is 284 g/mol. The first-order chi connectivity index (χ1) is 9.65. The Morgan fingerprint density at radius 2 is 1.75 bits per heavy atom. The highest BCUT2D eigenvalue weighted by Crippen LogP contribution is 2.40. The predicted molar refractivity (Wildman–Crippen MR) is 74.2 cm³/mol. The van der Waals surface area contributed by atoms with E-state index in [-0.39, 0.29) is 5.84 Å². The molecule has 0 aliphatic rings. The van der Waals surface area contributed by atoms with Crippen molar-refractivity contribution >= 4 is 5.84 Å². The highest BCUT2D eigenvalue weighted by Gasteiger charge is 2.13. The third-order valence-electron chi connectivity index (χ3n) is 2.61. The number of ether oxygens (including phenoxy) is 4. The summed E-state index contributed by atoms with van der Waals surface area (Å²) in [5.74, 6) is 2.34. The van der Waals surface area contributed by atoms with Crippen LogP contribution in [0.4, 0.5) is 0 Å². The number of hydrogen-bond acceptors (Lipinski definition) is 6. The van der Waals surface area contributed by atoms with Gasteiger partial charge in [-0.05, 0) is 6.42 Å². The molecule has 1 aromatic carbocycles. The van der Waals surface area contributed by atoms with Gasteiger partial charge in [-0.1, -0.05) is 5.16 Å². The summed E-state index contributed by atoms with van der Waals surface area (Å²) in [6, 6.07) is 3.43. The molecule has 112 valence electrons. The van der Waals surface area contributed by atoms with E-state index in [1.807, 2.05) is 0 Å². The van der Waals surface area contributed by atoms with Crippen molar-refractivity contribution in [1.82, 2.24) is 0 Å². The van der Waals surface area contributed by atoms with Gasteiger partial charge in [-0.3, -0.25) is 0 Å². The molecule has 0 aliphatic carbocycles. The van der Waals surface area contributed by atoms with E-state index in [2.05, 4.69) is 5.16 Å². The minimum absolute atomic E-state index is 0.179. The Morgan fingerprint density at radius 3 is 2.20 bits per heavy atom. The SMILES string of the molecule is COc1cc(OCCC/C(N)=N/O)cc(OC)c1OC. The molecule has 0 bridgehead atoms. The van der Waals surface area contributed by atoms with Gasteiger partial charge in [-0.2, -0.15) is 0 Å². The maximum Gasteiger partial charge on any atom is 0.203 e. The summed E-state index contributed by atoms with van der Waals surface area (Å²) in [6.45, 7) is 0.425. The third kappa shape index (κ3) is 4.11. The molecule has 0 aliphatic heterocycles. The quantitative estimate of drug-likeness (QED) is 0.247. The van der Waals surface area contributed by atoms with Crippen LogP contribution in [-0.4, -0.2) is 39.0 Å². The van der Waals surface area contributed by atoms with E-state index in [1.165, 1.54) is 7.11 Å². The molecule has 0 aromatic heterocycles. The number of oxime groups is 1. The number of hydrogen-bond donors (Lipinski definition) is 2. The fourth-order valence-corrected chi connectivity index (χ4v) is 1.63. The summed E-state index contributed by atoms with van der Waals surface area (Å²) in [4.78, 5) is 0. The normalized spacial score (nSPS) is 11.1. The minimum atomic E-state index is 0.179. The van der Waals surface area contributed by atoms with Crippen LogP contribution in [0.25, 0.3) is 0 Å². The molecule has 7 heteroatoms. The Labute approximate surface area is 117 Å². The zero-order chi connectivity index (χ0) is 15.0. The molecule has 0 unspecified atom stereocenters. The molecule has 3 N–H and O–H groups in total. The van der Waals surface area contributed by atoms with Crippen molar-refractivity contribution in [2.24, 2.45) is 10.9 Å². The summed E-state index contributed by atoms with van der Waals surface area (Å²) < 4.78 is 21.2. The smallest absolute Gasteiger partial charge is 0.203 e. The molecule has 7 nitrogen and oxygen atoms in total. The second-order valence-corrected chi connectivity index (χ2v) is 3.90. The van der Waals surface area contributed by atoms with Crippen LogP contribution in [0.2, 0.25) is 0 Å². The van der Waals surface area contributed by atoms with E-state index >= 15 is 0 Å². The van der Waals surface area contributed by atoms with Gasteiger partial charge in [0.1, 0.15) is 11.6 Å². The molecule has 1 aromatic rings. The van der Waals surface area contributed by atoms with Crippen LogP contribution in [0, 0.1) is 0 Å². The first kappa shape index (κ1) is 15.7. The molecule has 0 saturated heterocycles. The lowest BCUT2D eigenvalue weighted by molar-refractivity contribution is 0.294. The Balaban J connectivity index is 2.71.